The van der Waals surface area contributed by atoms with Gasteiger partial charge in [-0.05, 0) is 105 Å². The minimum atomic E-state index is 0.242. The lowest BCUT2D eigenvalue weighted by Gasteiger charge is -2.26. The van der Waals surface area contributed by atoms with Crippen LogP contribution in [0.15, 0.2) is 144 Å². The van der Waals surface area contributed by atoms with Crippen molar-refractivity contribution < 1.29 is 0 Å². The third kappa shape index (κ3) is 4.79. The topological polar surface area (TPSA) is 25.8 Å². The Hall–Kier alpha value is -5.25. The quantitative estimate of drug-likeness (QED) is 0.190. The van der Waals surface area contributed by atoms with Crippen LogP contribution in [0.2, 0.25) is 0 Å². The fourth-order valence-corrected chi connectivity index (χ4v) is 9.77. The van der Waals surface area contributed by atoms with Crippen molar-refractivity contribution in [2.24, 2.45) is 0 Å². The summed E-state index contributed by atoms with van der Waals surface area (Å²) in [5.41, 5.74) is 11.8. The van der Waals surface area contributed by atoms with Gasteiger partial charge in [0.2, 0.25) is 0 Å². The van der Waals surface area contributed by atoms with Crippen molar-refractivity contribution in [1.82, 2.24) is 9.97 Å². The van der Waals surface area contributed by atoms with Gasteiger partial charge in [-0.1, -0.05) is 121 Å². The molecule has 49 heavy (non-hydrogen) atoms. The van der Waals surface area contributed by atoms with Gasteiger partial charge >= 0.3 is 0 Å². The van der Waals surface area contributed by atoms with Gasteiger partial charge in [0.1, 0.15) is 0 Å². The van der Waals surface area contributed by atoms with E-state index in [9.17, 15) is 0 Å². The first-order valence-electron chi connectivity index (χ1n) is 17.5. The Bertz CT molecular complexity index is 2630. The summed E-state index contributed by atoms with van der Waals surface area (Å²) in [7, 11) is 0. The molecule has 10 rings (SSSR count). The van der Waals surface area contributed by atoms with Gasteiger partial charge in [0, 0.05) is 21.3 Å². The highest BCUT2D eigenvalue weighted by Crippen LogP contribution is 2.55. The van der Waals surface area contributed by atoms with E-state index in [4.69, 9.17) is 9.97 Å². The summed E-state index contributed by atoms with van der Waals surface area (Å²) in [4.78, 5) is 12.4. The molecular weight excluding hydrogens is 613 g/mol. The third-order valence-electron chi connectivity index (χ3n) is 10.5. The van der Waals surface area contributed by atoms with Crippen LogP contribution in [0.1, 0.15) is 47.6 Å². The number of para-hydroxylation sites is 2. The van der Waals surface area contributed by atoms with Crippen molar-refractivity contribution in [2.75, 3.05) is 0 Å². The maximum absolute atomic E-state index is 5.56. The highest BCUT2D eigenvalue weighted by atomic mass is 32.2. The highest BCUT2D eigenvalue weighted by Gasteiger charge is 2.33. The van der Waals surface area contributed by atoms with Crippen LogP contribution in [0.4, 0.5) is 0 Å². The number of thioether (sulfide) groups is 1. The zero-order valence-corrected chi connectivity index (χ0v) is 28.0. The normalized spacial score (nSPS) is 16.0. The molecule has 234 valence electrons. The molecule has 1 unspecified atom stereocenters. The van der Waals surface area contributed by atoms with E-state index in [1.165, 1.54) is 77.9 Å². The van der Waals surface area contributed by atoms with Gasteiger partial charge in [-0.25, -0.2) is 9.97 Å². The van der Waals surface area contributed by atoms with Crippen molar-refractivity contribution in [3.8, 4) is 22.5 Å². The minimum Gasteiger partial charge on any atom is -0.244 e. The van der Waals surface area contributed by atoms with Gasteiger partial charge in [0.05, 0.1) is 22.4 Å². The Balaban J connectivity index is 1.31. The van der Waals surface area contributed by atoms with Crippen LogP contribution in [0.25, 0.3) is 71.4 Å². The van der Waals surface area contributed by atoms with Gasteiger partial charge in [-0.2, -0.15) is 0 Å². The van der Waals surface area contributed by atoms with Crippen LogP contribution in [-0.2, 0) is 6.42 Å². The van der Waals surface area contributed by atoms with Crippen molar-refractivity contribution in [3.63, 3.8) is 0 Å². The van der Waals surface area contributed by atoms with Crippen molar-refractivity contribution in [2.45, 2.75) is 42.2 Å². The van der Waals surface area contributed by atoms with E-state index in [-0.39, 0.29) is 5.25 Å². The molecule has 3 heteroatoms. The average molecular weight is 647 g/mol. The van der Waals surface area contributed by atoms with Crippen molar-refractivity contribution in [3.05, 3.63) is 156 Å². The molecule has 2 heterocycles. The molecule has 1 aliphatic heterocycles. The molecule has 1 aromatic heterocycles. The van der Waals surface area contributed by atoms with Crippen molar-refractivity contribution in [1.29, 1.82) is 0 Å². The van der Waals surface area contributed by atoms with E-state index in [2.05, 4.69) is 140 Å². The Labute approximate surface area is 290 Å². The predicted molar refractivity (Wildman–Crippen MR) is 208 cm³/mol. The Morgan fingerprint density at radius 2 is 1.20 bits per heavy atom. The largest absolute Gasteiger partial charge is 0.244 e. The standard InChI is InChI=1S/C46H34N2S/c1-2-15-31(16-3-1)42-35-20-8-6-17-32(35)27-38(43(42)41-28-33-26-25-30-14-5-9-21-36(30)46(33)49-41)45-44(47-39-23-10-11-24-40(39)48-45)37-22-12-18-29-13-4-7-19-34(29)37/h4-15,17-27,41H,1-3,16,28H2. The first kappa shape index (κ1) is 28.7. The number of hydrogen-bond acceptors (Lipinski definition) is 3. The SMILES string of the molecule is C1=C(c2c(C3Cc4ccc5ccccc5c4S3)c(-c3nc4ccccc4nc3-c3cccc4ccccc34)cc3ccccc23)CCCC1. The number of allylic oxidation sites excluding steroid dienone is 2. The van der Waals surface area contributed by atoms with Crippen LogP contribution in [-0.4, -0.2) is 9.97 Å². The molecule has 2 aliphatic rings. The van der Waals surface area contributed by atoms with Crippen LogP contribution in [0, 0.1) is 0 Å². The monoisotopic (exact) mass is 646 g/mol. The van der Waals surface area contributed by atoms with E-state index < -0.39 is 0 Å². The lowest BCUT2D eigenvalue weighted by Crippen LogP contribution is -2.07. The second-order valence-corrected chi connectivity index (χ2v) is 14.6. The van der Waals surface area contributed by atoms with Crippen LogP contribution < -0.4 is 0 Å². The molecule has 0 bridgehead atoms. The summed E-state index contributed by atoms with van der Waals surface area (Å²) in [5, 5.41) is 7.91. The molecule has 7 aromatic carbocycles. The number of rotatable bonds is 4. The molecule has 8 aromatic rings. The fourth-order valence-electron chi connectivity index (χ4n) is 8.25. The van der Waals surface area contributed by atoms with Crippen LogP contribution in [0.5, 0.6) is 0 Å². The van der Waals surface area contributed by atoms with E-state index >= 15 is 0 Å². The van der Waals surface area contributed by atoms with E-state index in [1.54, 1.807) is 0 Å². The maximum atomic E-state index is 5.56. The fraction of sp³-hybridized carbons (Fsp3) is 0.130. The van der Waals surface area contributed by atoms with Crippen molar-refractivity contribution >= 4 is 60.7 Å². The molecule has 0 radical (unpaired) electrons. The first-order valence-corrected chi connectivity index (χ1v) is 18.4. The summed E-state index contributed by atoms with van der Waals surface area (Å²) in [6.45, 7) is 0. The lowest BCUT2D eigenvalue weighted by atomic mass is 9.81. The summed E-state index contributed by atoms with van der Waals surface area (Å²) < 4.78 is 0. The lowest BCUT2D eigenvalue weighted by molar-refractivity contribution is 0.741. The molecule has 0 saturated carbocycles. The van der Waals surface area contributed by atoms with Gasteiger partial charge in [-0.3, -0.25) is 0 Å². The van der Waals surface area contributed by atoms with Crippen LogP contribution >= 0.6 is 11.8 Å². The van der Waals surface area contributed by atoms with Gasteiger partial charge in [-0.15, -0.1) is 11.8 Å². The summed E-state index contributed by atoms with van der Waals surface area (Å²) in [6, 6.07) is 48.5. The molecular formula is C46H34N2S. The molecule has 0 N–H and O–H groups in total. The molecule has 0 spiro atoms. The Morgan fingerprint density at radius 1 is 0.551 bits per heavy atom. The number of hydrogen-bond donors (Lipinski definition) is 0. The van der Waals surface area contributed by atoms with Gasteiger partial charge in [0.15, 0.2) is 0 Å². The zero-order valence-electron chi connectivity index (χ0n) is 27.2. The molecule has 2 nitrogen and oxygen atoms in total. The Morgan fingerprint density at radius 3 is 1.98 bits per heavy atom. The number of fused-ring (bicyclic) bond motifs is 6. The van der Waals surface area contributed by atoms with E-state index in [0.717, 1.165) is 47.2 Å². The number of benzene rings is 7. The summed E-state index contributed by atoms with van der Waals surface area (Å²) >= 11 is 2.05. The minimum absolute atomic E-state index is 0.242. The van der Waals surface area contributed by atoms with Crippen LogP contribution in [0.3, 0.4) is 0 Å². The van der Waals surface area contributed by atoms with E-state index in [1.807, 2.05) is 11.8 Å². The smallest absolute Gasteiger partial charge is 0.0979 e. The number of nitrogens with zero attached hydrogens (tertiary/aromatic N) is 2. The van der Waals surface area contributed by atoms with Gasteiger partial charge in [0.25, 0.3) is 0 Å². The molecule has 1 aliphatic carbocycles. The highest BCUT2D eigenvalue weighted by molar-refractivity contribution is 8.00. The third-order valence-corrected chi connectivity index (χ3v) is 11.9. The summed E-state index contributed by atoms with van der Waals surface area (Å²) in [5.74, 6) is 0. The second kappa shape index (κ2) is 11.7. The maximum Gasteiger partial charge on any atom is 0.0979 e. The number of aromatic nitrogens is 2. The molecule has 0 fully saturated rings. The second-order valence-electron chi connectivity index (χ2n) is 13.4. The average Bonchev–Trinajstić information content (AvgIpc) is 3.61. The predicted octanol–water partition coefficient (Wildman–Crippen LogP) is 12.8. The molecule has 0 saturated heterocycles. The Kier molecular flexibility index (Phi) is 6.87. The molecule has 0 amide bonds. The summed E-state index contributed by atoms with van der Waals surface area (Å²) in [6.07, 6.45) is 8.23. The first-order chi connectivity index (χ1) is 24.3. The zero-order chi connectivity index (χ0) is 32.3. The molecule has 1 atom stereocenters. The van der Waals surface area contributed by atoms with E-state index in [0.29, 0.717) is 0 Å². The van der Waals surface area contributed by atoms with Gasteiger partial charge < -0.3 is 0 Å².